The second-order valence-corrected chi connectivity index (χ2v) is 6.05. The number of halogens is 1. The van der Waals surface area contributed by atoms with E-state index >= 15 is 0 Å². The molecule has 2 unspecified atom stereocenters. The number of nitrogens with zero attached hydrogens (tertiary/aromatic N) is 1. The largest absolute Gasteiger partial charge is 0.326 e. The fourth-order valence-corrected chi connectivity index (χ4v) is 4.02. The summed E-state index contributed by atoms with van der Waals surface area (Å²) >= 11 is 0. The smallest absolute Gasteiger partial charge is 0.306 e. The molecule has 104 valence electrons. The molecule has 2 fully saturated rings. The molecule has 4 rings (SSSR count). The lowest BCUT2D eigenvalue weighted by Gasteiger charge is -2.13. The summed E-state index contributed by atoms with van der Waals surface area (Å²) in [5.74, 6) is 0.810. The van der Waals surface area contributed by atoms with Crippen molar-refractivity contribution in [3.8, 4) is 0 Å². The van der Waals surface area contributed by atoms with E-state index < -0.39 is 0 Å². The summed E-state index contributed by atoms with van der Waals surface area (Å²) in [7, 11) is 0. The van der Waals surface area contributed by atoms with Crippen LogP contribution in [0, 0.1) is 17.7 Å². The molecule has 1 aromatic heterocycles. The average Bonchev–Trinajstić information content (AvgIpc) is 2.98. The lowest BCUT2D eigenvalue weighted by molar-refractivity contribution is -0.117. The predicted octanol–water partition coefficient (Wildman–Crippen LogP) is 2.40. The maximum absolute atomic E-state index is 13.4. The first-order valence-electron chi connectivity index (χ1n) is 7.03. The average molecular weight is 274 g/mol. The number of rotatable bonds is 1. The van der Waals surface area contributed by atoms with Gasteiger partial charge in [0, 0.05) is 18.9 Å². The maximum Gasteiger partial charge on any atom is 0.326 e. The van der Waals surface area contributed by atoms with Crippen LogP contribution >= 0.6 is 0 Å². The van der Waals surface area contributed by atoms with E-state index in [1.54, 1.807) is 10.6 Å². The Morgan fingerprint density at radius 3 is 2.55 bits per heavy atom. The SMILES string of the molecule is O=C1CC2CC(n3c(=O)[nH]c4ccc(F)cc43)CC2C1. The van der Waals surface area contributed by atoms with Gasteiger partial charge in [-0.3, -0.25) is 9.36 Å². The molecule has 0 spiro atoms. The number of H-pyrrole nitrogens is 1. The Balaban J connectivity index is 1.76. The molecule has 2 aromatic rings. The lowest BCUT2D eigenvalue weighted by atomic mass is 10.0. The van der Waals surface area contributed by atoms with Crippen molar-refractivity contribution in [2.24, 2.45) is 11.8 Å². The van der Waals surface area contributed by atoms with Crippen molar-refractivity contribution in [1.82, 2.24) is 9.55 Å². The van der Waals surface area contributed by atoms with Crippen molar-refractivity contribution in [1.29, 1.82) is 0 Å². The number of hydrogen-bond acceptors (Lipinski definition) is 2. The fraction of sp³-hybridized carbons (Fsp3) is 0.467. The van der Waals surface area contributed by atoms with Crippen LogP contribution in [0.25, 0.3) is 11.0 Å². The third-order valence-electron chi connectivity index (χ3n) is 4.84. The van der Waals surface area contributed by atoms with E-state index in [0.717, 1.165) is 12.8 Å². The molecule has 2 atom stereocenters. The molecule has 0 aliphatic heterocycles. The van der Waals surface area contributed by atoms with E-state index in [2.05, 4.69) is 4.98 Å². The minimum absolute atomic E-state index is 0.0844. The number of nitrogens with one attached hydrogen (secondary N) is 1. The summed E-state index contributed by atoms with van der Waals surface area (Å²) in [4.78, 5) is 26.4. The van der Waals surface area contributed by atoms with Crippen LogP contribution in [0.2, 0.25) is 0 Å². The number of hydrogen-bond donors (Lipinski definition) is 1. The third-order valence-corrected chi connectivity index (χ3v) is 4.84. The molecule has 2 aliphatic carbocycles. The number of imidazole rings is 1. The Morgan fingerprint density at radius 1 is 1.15 bits per heavy atom. The Bertz CT molecular complexity index is 745. The highest BCUT2D eigenvalue weighted by Crippen LogP contribution is 2.47. The first-order chi connectivity index (χ1) is 9.61. The van der Waals surface area contributed by atoms with Gasteiger partial charge < -0.3 is 4.98 Å². The van der Waals surface area contributed by atoms with Crippen molar-refractivity contribution in [3.05, 3.63) is 34.5 Å². The van der Waals surface area contributed by atoms with E-state index in [0.29, 0.717) is 41.5 Å². The molecule has 0 saturated heterocycles. The molecule has 4 nitrogen and oxygen atoms in total. The molecule has 5 heteroatoms. The van der Waals surface area contributed by atoms with Gasteiger partial charge in [0.1, 0.15) is 11.6 Å². The standard InChI is InChI=1S/C15H15FN2O2/c16-10-1-2-13-14(7-10)18(15(20)17-13)11-3-8-5-12(19)6-9(8)4-11/h1-2,7-9,11H,3-6H2,(H,17,20). The molecule has 1 heterocycles. The fourth-order valence-electron chi connectivity index (χ4n) is 4.02. The quantitative estimate of drug-likeness (QED) is 0.868. The molecule has 20 heavy (non-hydrogen) atoms. The van der Waals surface area contributed by atoms with Crippen LogP contribution in [-0.4, -0.2) is 15.3 Å². The van der Waals surface area contributed by atoms with Crippen LogP contribution < -0.4 is 5.69 Å². The van der Waals surface area contributed by atoms with Crippen molar-refractivity contribution in [3.63, 3.8) is 0 Å². The topological polar surface area (TPSA) is 54.9 Å². The molecule has 1 N–H and O–H groups in total. The minimum Gasteiger partial charge on any atom is -0.306 e. The number of aromatic amines is 1. The molecule has 0 amide bonds. The van der Waals surface area contributed by atoms with E-state index in [-0.39, 0.29) is 17.5 Å². The molecule has 1 aromatic carbocycles. The van der Waals surface area contributed by atoms with Gasteiger partial charge in [-0.05, 0) is 42.9 Å². The van der Waals surface area contributed by atoms with Gasteiger partial charge >= 0.3 is 5.69 Å². The van der Waals surface area contributed by atoms with Crippen LogP contribution in [-0.2, 0) is 4.79 Å². The number of fused-ring (bicyclic) bond motifs is 2. The maximum atomic E-state index is 13.4. The summed E-state index contributed by atoms with van der Waals surface area (Å²) in [5.41, 5.74) is 1.12. The van der Waals surface area contributed by atoms with Crippen LogP contribution in [0.1, 0.15) is 31.7 Å². The molecule has 0 bridgehead atoms. The van der Waals surface area contributed by atoms with Crippen molar-refractivity contribution < 1.29 is 9.18 Å². The van der Waals surface area contributed by atoms with E-state index in [4.69, 9.17) is 0 Å². The Hall–Kier alpha value is -1.91. The number of aromatic nitrogens is 2. The van der Waals surface area contributed by atoms with Gasteiger partial charge in [-0.1, -0.05) is 0 Å². The summed E-state index contributed by atoms with van der Waals surface area (Å²) in [6.07, 6.45) is 2.98. The molecule has 0 radical (unpaired) electrons. The summed E-state index contributed by atoms with van der Waals surface area (Å²) in [6, 6.07) is 4.44. The Kier molecular flexibility index (Phi) is 2.40. The summed E-state index contributed by atoms with van der Waals surface area (Å²) in [5, 5.41) is 0. The van der Waals surface area contributed by atoms with Crippen LogP contribution in [0.5, 0.6) is 0 Å². The summed E-state index contributed by atoms with van der Waals surface area (Å²) in [6.45, 7) is 0. The van der Waals surface area contributed by atoms with Crippen molar-refractivity contribution in [2.75, 3.05) is 0 Å². The van der Waals surface area contributed by atoms with Crippen LogP contribution in [0.4, 0.5) is 4.39 Å². The predicted molar refractivity (Wildman–Crippen MR) is 72.0 cm³/mol. The minimum atomic E-state index is -0.335. The van der Waals surface area contributed by atoms with Crippen molar-refractivity contribution >= 4 is 16.8 Å². The van der Waals surface area contributed by atoms with Crippen molar-refractivity contribution in [2.45, 2.75) is 31.7 Å². The van der Waals surface area contributed by atoms with Gasteiger partial charge in [-0.25, -0.2) is 9.18 Å². The van der Waals surface area contributed by atoms with Gasteiger partial charge in [0.2, 0.25) is 0 Å². The normalized spacial score (nSPS) is 29.2. The molecule has 2 aliphatic rings. The second-order valence-electron chi connectivity index (χ2n) is 6.05. The van der Waals surface area contributed by atoms with E-state index in [9.17, 15) is 14.0 Å². The zero-order valence-corrected chi connectivity index (χ0v) is 10.9. The summed E-state index contributed by atoms with van der Waals surface area (Å²) < 4.78 is 15.1. The van der Waals surface area contributed by atoms with Crippen LogP contribution in [0.15, 0.2) is 23.0 Å². The lowest BCUT2D eigenvalue weighted by Crippen LogP contribution is -2.21. The number of ketones is 1. The highest BCUT2D eigenvalue weighted by atomic mass is 19.1. The Morgan fingerprint density at radius 2 is 1.85 bits per heavy atom. The first kappa shape index (κ1) is 11.9. The van der Waals surface area contributed by atoms with Gasteiger partial charge in [0.25, 0.3) is 0 Å². The first-order valence-corrected chi connectivity index (χ1v) is 7.03. The van der Waals surface area contributed by atoms with Gasteiger partial charge in [-0.2, -0.15) is 0 Å². The number of benzene rings is 1. The Labute approximate surface area is 114 Å². The number of carbonyl (C=O) groups excluding carboxylic acids is 1. The third kappa shape index (κ3) is 1.65. The number of carbonyl (C=O) groups is 1. The van der Waals surface area contributed by atoms with Crippen LogP contribution in [0.3, 0.4) is 0 Å². The monoisotopic (exact) mass is 274 g/mol. The van der Waals surface area contributed by atoms with Gasteiger partial charge in [-0.15, -0.1) is 0 Å². The molecular formula is C15H15FN2O2. The zero-order chi connectivity index (χ0) is 13.9. The molecule has 2 saturated carbocycles. The second kappa shape index (κ2) is 4.04. The number of Topliss-reactive ketones (excluding diaryl/α,β-unsaturated/α-hetero) is 1. The highest BCUT2D eigenvalue weighted by molar-refractivity contribution is 5.81. The van der Waals surface area contributed by atoms with Gasteiger partial charge in [0.05, 0.1) is 11.0 Å². The molecular weight excluding hydrogens is 259 g/mol. The van der Waals surface area contributed by atoms with E-state index in [1.807, 2.05) is 0 Å². The van der Waals surface area contributed by atoms with Gasteiger partial charge in [0.15, 0.2) is 0 Å². The van der Waals surface area contributed by atoms with E-state index in [1.165, 1.54) is 12.1 Å². The highest BCUT2D eigenvalue weighted by Gasteiger charge is 2.42. The zero-order valence-electron chi connectivity index (χ0n) is 10.9.